The third kappa shape index (κ3) is 1.13. The van der Waals surface area contributed by atoms with Gasteiger partial charge in [0.25, 0.3) is 0 Å². The summed E-state index contributed by atoms with van der Waals surface area (Å²) in [6.07, 6.45) is 1.38. The van der Waals surface area contributed by atoms with Crippen LogP contribution < -0.4 is 0 Å². The Morgan fingerprint density at radius 3 is 2.85 bits per heavy atom. The summed E-state index contributed by atoms with van der Waals surface area (Å²) >= 11 is 0. The van der Waals surface area contributed by atoms with Gasteiger partial charge in [0.05, 0.1) is 6.26 Å². The molecule has 0 bridgehead atoms. The molecule has 2 nitrogen and oxygen atoms in total. The molecule has 66 valence electrons. The summed E-state index contributed by atoms with van der Waals surface area (Å²) in [6.45, 7) is 1.44. The fourth-order valence-electron chi connectivity index (χ4n) is 1.34. The lowest BCUT2D eigenvalue weighted by Gasteiger charge is -1.97. The molecule has 0 amide bonds. The number of halogens is 1. The number of fused-ring (bicyclic) bond motifs is 1. The van der Waals surface area contributed by atoms with Crippen LogP contribution in [-0.4, -0.2) is 5.78 Å². The molecule has 1 aromatic heterocycles. The van der Waals surface area contributed by atoms with E-state index in [9.17, 15) is 9.18 Å². The van der Waals surface area contributed by atoms with Crippen LogP contribution in [0, 0.1) is 5.82 Å². The predicted octanol–water partition coefficient (Wildman–Crippen LogP) is 2.77. The van der Waals surface area contributed by atoms with Gasteiger partial charge in [-0.05, 0) is 25.1 Å². The number of carbonyl (C=O) groups is 1. The number of rotatable bonds is 1. The summed E-state index contributed by atoms with van der Waals surface area (Å²) in [6, 6.07) is 4.30. The largest absolute Gasteiger partial charge is 0.461 e. The first kappa shape index (κ1) is 7.98. The highest BCUT2D eigenvalue weighted by molar-refractivity contribution is 6.05. The molecule has 1 heterocycles. The average molecular weight is 178 g/mol. The second-order valence-corrected chi connectivity index (χ2v) is 2.81. The van der Waals surface area contributed by atoms with E-state index < -0.39 is 5.82 Å². The molecule has 0 aliphatic rings. The summed E-state index contributed by atoms with van der Waals surface area (Å²) in [5.74, 6) is -0.531. The van der Waals surface area contributed by atoms with Crippen molar-refractivity contribution in [1.29, 1.82) is 0 Å². The van der Waals surface area contributed by atoms with Crippen molar-refractivity contribution >= 4 is 16.8 Å². The zero-order valence-corrected chi connectivity index (χ0v) is 7.00. The summed E-state index contributed by atoms with van der Waals surface area (Å²) < 4.78 is 18.0. The van der Waals surface area contributed by atoms with E-state index in [0.717, 1.165) is 0 Å². The molecule has 0 atom stereocenters. The van der Waals surface area contributed by atoms with Gasteiger partial charge in [0.1, 0.15) is 0 Å². The van der Waals surface area contributed by atoms with Crippen LogP contribution in [0.5, 0.6) is 0 Å². The first-order valence-electron chi connectivity index (χ1n) is 3.87. The van der Waals surface area contributed by atoms with Crippen molar-refractivity contribution in [2.75, 3.05) is 0 Å². The van der Waals surface area contributed by atoms with Crippen LogP contribution in [0.15, 0.2) is 28.9 Å². The van der Waals surface area contributed by atoms with Gasteiger partial charge in [0.2, 0.25) is 0 Å². The Morgan fingerprint density at radius 2 is 2.15 bits per heavy atom. The predicted molar refractivity (Wildman–Crippen MR) is 46.2 cm³/mol. The minimum Gasteiger partial charge on any atom is -0.461 e. The molecule has 13 heavy (non-hydrogen) atoms. The quantitative estimate of drug-likeness (QED) is 0.628. The molecule has 3 heteroatoms. The minimum atomic E-state index is -0.440. The summed E-state index contributed by atoms with van der Waals surface area (Å²) in [7, 11) is 0. The molecule has 0 N–H and O–H groups in total. The number of benzene rings is 1. The normalized spacial score (nSPS) is 10.6. The molecule has 0 saturated carbocycles. The zero-order chi connectivity index (χ0) is 9.42. The van der Waals surface area contributed by atoms with E-state index in [0.29, 0.717) is 10.9 Å². The van der Waals surface area contributed by atoms with Crippen LogP contribution in [0.2, 0.25) is 0 Å². The Bertz CT molecular complexity index is 471. The Balaban J connectivity index is 2.86. The average Bonchev–Trinajstić information content (AvgIpc) is 2.53. The summed E-state index contributed by atoms with van der Waals surface area (Å²) in [5, 5.41) is 0.535. The molecule has 2 rings (SSSR count). The third-order valence-corrected chi connectivity index (χ3v) is 1.95. The van der Waals surface area contributed by atoms with Crippen LogP contribution in [0.25, 0.3) is 11.0 Å². The maximum Gasteiger partial charge on any atom is 0.170 e. The van der Waals surface area contributed by atoms with Crippen LogP contribution in [0.3, 0.4) is 0 Å². The van der Waals surface area contributed by atoms with Gasteiger partial charge in [-0.2, -0.15) is 0 Å². The Labute approximate surface area is 74.0 Å². The topological polar surface area (TPSA) is 30.2 Å². The van der Waals surface area contributed by atoms with Crippen LogP contribution in [0.4, 0.5) is 4.39 Å². The summed E-state index contributed by atoms with van der Waals surface area (Å²) in [4.78, 5) is 11.1. The van der Waals surface area contributed by atoms with Crippen molar-refractivity contribution in [3.8, 4) is 0 Å². The number of hydrogen-bond acceptors (Lipinski definition) is 2. The van der Waals surface area contributed by atoms with Crippen LogP contribution in [-0.2, 0) is 0 Å². The van der Waals surface area contributed by atoms with E-state index in [1.54, 1.807) is 6.07 Å². The molecule has 0 fully saturated rings. The lowest BCUT2D eigenvalue weighted by atomic mass is 10.1. The number of ketones is 1. The fourth-order valence-corrected chi connectivity index (χ4v) is 1.34. The number of Topliss-reactive ketones (excluding diaryl/α,β-unsaturated/α-hetero) is 1. The second-order valence-electron chi connectivity index (χ2n) is 2.81. The highest BCUT2D eigenvalue weighted by atomic mass is 19.1. The molecule has 0 unspecified atom stereocenters. The molecule has 0 saturated heterocycles. The Morgan fingerprint density at radius 1 is 1.38 bits per heavy atom. The zero-order valence-electron chi connectivity index (χ0n) is 7.00. The molecular weight excluding hydrogens is 171 g/mol. The minimum absolute atomic E-state index is 0.0913. The van der Waals surface area contributed by atoms with Crippen molar-refractivity contribution in [3.63, 3.8) is 0 Å². The highest BCUT2D eigenvalue weighted by Crippen LogP contribution is 2.23. The van der Waals surface area contributed by atoms with Gasteiger partial charge in [-0.3, -0.25) is 4.79 Å². The van der Waals surface area contributed by atoms with Crippen molar-refractivity contribution in [2.45, 2.75) is 6.92 Å². The SMILES string of the molecule is CC(=O)c1ccc(F)c2occc12. The maximum absolute atomic E-state index is 13.1. The van der Waals surface area contributed by atoms with Crippen molar-refractivity contribution < 1.29 is 13.6 Å². The van der Waals surface area contributed by atoms with Crippen LogP contribution in [0.1, 0.15) is 17.3 Å². The van der Waals surface area contributed by atoms with Crippen molar-refractivity contribution in [2.24, 2.45) is 0 Å². The maximum atomic E-state index is 13.1. The van der Waals surface area contributed by atoms with Gasteiger partial charge < -0.3 is 4.42 Å². The highest BCUT2D eigenvalue weighted by Gasteiger charge is 2.10. The fraction of sp³-hybridized carbons (Fsp3) is 0.100. The molecule has 0 aliphatic heterocycles. The molecule has 0 spiro atoms. The molecule has 0 aliphatic carbocycles. The monoisotopic (exact) mass is 178 g/mol. The first-order chi connectivity index (χ1) is 6.20. The van der Waals surface area contributed by atoms with E-state index in [2.05, 4.69) is 0 Å². The molecule has 2 aromatic rings. The lowest BCUT2D eigenvalue weighted by molar-refractivity contribution is 0.101. The van der Waals surface area contributed by atoms with E-state index in [1.165, 1.54) is 25.3 Å². The van der Waals surface area contributed by atoms with Gasteiger partial charge in [0, 0.05) is 10.9 Å². The van der Waals surface area contributed by atoms with E-state index >= 15 is 0 Å². The molecule has 1 aromatic carbocycles. The van der Waals surface area contributed by atoms with Gasteiger partial charge in [-0.1, -0.05) is 0 Å². The number of hydrogen-bond donors (Lipinski definition) is 0. The second kappa shape index (κ2) is 2.69. The molecular formula is C10H7FO2. The van der Waals surface area contributed by atoms with Gasteiger partial charge in [0.15, 0.2) is 17.2 Å². The Kier molecular flexibility index (Phi) is 1.65. The van der Waals surface area contributed by atoms with Crippen molar-refractivity contribution in [1.82, 2.24) is 0 Å². The van der Waals surface area contributed by atoms with Crippen LogP contribution >= 0.6 is 0 Å². The standard InChI is InChI=1S/C10H7FO2/c1-6(12)7-2-3-9(11)10-8(7)4-5-13-10/h2-5H,1H3. The number of carbonyl (C=O) groups excluding carboxylic acids is 1. The number of furan rings is 1. The summed E-state index contributed by atoms with van der Waals surface area (Å²) in [5.41, 5.74) is 0.637. The van der Waals surface area contributed by atoms with Gasteiger partial charge in [-0.25, -0.2) is 4.39 Å². The third-order valence-electron chi connectivity index (χ3n) is 1.95. The Hall–Kier alpha value is -1.64. The van der Waals surface area contributed by atoms with E-state index in [-0.39, 0.29) is 11.4 Å². The smallest absolute Gasteiger partial charge is 0.170 e. The van der Waals surface area contributed by atoms with E-state index in [4.69, 9.17) is 4.42 Å². The van der Waals surface area contributed by atoms with Gasteiger partial charge >= 0.3 is 0 Å². The van der Waals surface area contributed by atoms with Crippen molar-refractivity contribution in [3.05, 3.63) is 35.8 Å². The van der Waals surface area contributed by atoms with Gasteiger partial charge in [-0.15, -0.1) is 0 Å². The van der Waals surface area contributed by atoms with E-state index in [1.807, 2.05) is 0 Å². The lowest BCUT2D eigenvalue weighted by Crippen LogP contribution is -1.92. The molecule has 0 radical (unpaired) electrons. The first-order valence-corrected chi connectivity index (χ1v) is 3.87.